The molecule has 3 aromatic rings. The number of hydrogen-bond acceptors (Lipinski definition) is 5. The van der Waals surface area contributed by atoms with Gasteiger partial charge in [-0.1, -0.05) is 11.6 Å². The normalized spacial score (nSPS) is 17.3. The van der Waals surface area contributed by atoms with Gasteiger partial charge in [0.25, 0.3) is 5.91 Å². The smallest absolute Gasteiger partial charge is 0.254 e. The van der Waals surface area contributed by atoms with E-state index >= 15 is 0 Å². The SMILES string of the molecule is CC(C)Oc1ccc(C(=O)N(Cc2ccc(-c3ccc(Cl)cc3)o2)C2CCS(=O)(=O)C2)cc1. The number of amides is 1. The molecular weight excluding hydrogens is 462 g/mol. The van der Waals surface area contributed by atoms with E-state index in [-0.39, 0.29) is 30.1 Å². The van der Waals surface area contributed by atoms with Gasteiger partial charge in [0.05, 0.1) is 24.2 Å². The van der Waals surface area contributed by atoms with Crippen LogP contribution in [0.3, 0.4) is 0 Å². The number of rotatable bonds is 7. The topological polar surface area (TPSA) is 76.8 Å². The van der Waals surface area contributed by atoms with Crippen molar-refractivity contribution in [1.82, 2.24) is 4.90 Å². The van der Waals surface area contributed by atoms with Gasteiger partial charge >= 0.3 is 0 Å². The highest BCUT2D eigenvalue weighted by Crippen LogP contribution is 2.27. The lowest BCUT2D eigenvalue weighted by Gasteiger charge is -2.27. The zero-order valence-corrected chi connectivity index (χ0v) is 20.1. The Hall–Kier alpha value is -2.77. The average molecular weight is 488 g/mol. The highest BCUT2D eigenvalue weighted by Gasteiger charge is 2.35. The first-order valence-electron chi connectivity index (χ1n) is 10.8. The number of carbonyl (C=O) groups is 1. The van der Waals surface area contributed by atoms with Crippen LogP contribution in [-0.2, 0) is 16.4 Å². The van der Waals surface area contributed by atoms with Crippen molar-refractivity contribution in [3.8, 4) is 17.1 Å². The minimum atomic E-state index is -3.17. The van der Waals surface area contributed by atoms with Gasteiger partial charge in [0.15, 0.2) is 9.84 Å². The molecule has 0 spiro atoms. The van der Waals surface area contributed by atoms with E-state index in [0.717, 1.165) is 5.56 Å². The lowest BCUT2D eigenvalue weighted by Crippen LogP contribution is -2.40. The Labute approximate surface area is 199 Å². The second-order valence-electron chi connectivity index (χ2n) is 8.45. The third-order valence-electron chi connectivity index (χ3n) is 5.50. The largest absolute Gasteiger partial charge is 0.491 e. The lowest BCUT2D eigenvalue weighted by atomic mass is 10.1. The second kappa shape index (κ2) is 9.61. The van der Waals surface area contributed by atoms with Crippen molar-refractivity contribution in [2.45, 2.75) is 39.0 Å². The summed E-state index contributed by atoms with van der Waals surface area (Å²) in [5.74, 6) is 1.71. The Morgan fingerprint density at radius 3 is 2.39 bits per heavy atom. The quantitative estimate of drug-likeness (QED) is 0.456. The van der Waals surface area contributed by atoms with Crippen LogP contribution in [0.25, 0.3) is 11.3 Å². The van der Waals surface area contributed by atoms with Gasteiger partial charge in [0, 0.05) is 22.2 Å². The molecule has 8 heteroatoms. The number of benzene rings is 2. The molecule has 0 aliphatic carbocycles. The van der Waals surface area contributed by atoms with Gasteiger partial charge in [0.1, 0.15) is 17.3 Å². The predicted octanol–water partition coefficient (Wildman–Crippen LogP) is 5.22. The fraction of sp³-hybridized carbons (Fsp3) is 0.320. The van der Waals surface area contributed by atoms with Crippen LogP contribution in [0.15, 0.2) is 65.1 Å². The third-order valence-corrected chi connectivity index (χ3v) is 7.50. The second-order valence-corrected chi connectivity index (χ2v) is 11.1. The standard InChI is InChI=1S/C25H26ClNO5S/c1-17(2)31-22-9-5-19(6-10-22)25(28)27(21-13-14-33(29,30)16-21)15-23-11-12-24(32-23)18-3-7-20(26)8-4-18/h3-12,17,21H,13-16H2,1-2H3. The van der Waals surface area contributed by atoms with Gasteiger partial charge in [-0.3, -0.25) is 4.79 Å². The van der Waals surface area contributed by atoms with Crippen molar-refractivity contribution < 1.29 is 22.4 Å². The molecule has 1 aliphatic rings. The van der Waals surface area contributed by atoms with Crippen molar-refractivity contribution in [2.75, 3.05) is 11.5 Å². The van der Waals surface area contributed by atoms with Gasteiger partial charge in [-0.2, -0.15) is 0 Å². The maximum atomic E-state index is 13.4. The first kappa shape index (κ1) is 23.4. The number of carbonyl (C=O) groups excluding carboxylic acids is 1. The number of sulfone groups is 1. The maximum absolute atomic E-state index is 13.4. The number of ether oxygens (including phenoxy) is 1. The fourth-order valence-corrected chi connectivity index (χ4v) is 5.76. The van der Waals surface area contributed by atoms with Crippen LogP contribution >= 0.6 is 11.6 Å². The molecule has 1 saturated heterocycles. The molecular formula is C25H26ClNO5S. The fourth-order valence-electron chi connectivity index (χ4n) is 3.90. The van der Waals surface area contributed by atoms with E-state index in [2.05, 4.69) is 0 Å². The van der Waals surface area contributed by atoms with E-state index in [1.807, 2.05) is 38.1 Å². The summed E-state index contributed by atoms with van der Waals surface area (Å²) in [7, 11) is -3.17. The van der Waals surface area contributed by atoms with E-state index in [1.165, 1.54) is 0 Å². The summed E-state index contributed by atoms with van der Waals surface area (Å²) < 4.78 is 35.9. The molecule has 0 radical (unpaired) electrons. The molecule has 1 aromatic heterocycles. The highest BCUT2D eigenvalue weighted by atomic mass is 35.5. The summed E-state index contributed by atoms with van der Waals surface area (Å²) in [5, 5.41) is 0.634. The molecule has 174 valence electrons. The molecule has 1 amide bonds. The van der Waals surface area contributed by atoms with Gasteiger partial charge in [0.2, 0.25) is 0 Å². The van der Waals surface area contributed by atoms with Crippen LogP contribution < -0.4 is 4.74 Å². The maximum Gasteiger partial charge on any atom is 0.254 e. The average Bonchev–Trinajstić information content (AvgIpc) is 3.38. The monoisotopic (exact) mass is 487 g/mol. The van der Waals surface area contributed by atoms with Crippen molar-refractivity contribution >= 4 is 27.3 Å². The van der Waals surface area contributed by atoms with Crippen LogP contribution in [0.1, 0.15) is 36.4 Å². The molecule has 1 aliphatic heterocycles. The van der Waals surface area contributed by atoms with E-state index in [4.69, 9.17) is 20.8 Å². The lowest BCUT2D eigenvalue weighted by molar-refractivity contribution is 0.0666. The summed E-state index contributed by atoms with van der Waals surface area (Å²) in [6, 6.07) is 17.4. The van der Waals surface area contributed by atoms with Gasteiger partial charge in [-0.15, -0.1) is 0 Å². The minimum absolute atomic E-state index is 0.0283. The Morgan fingerprint density at radius 1 is 1.09 bits per heavy atom. The Morgan fingerprint density at radius 2 is 1.79 bits per heavy atom. The number of hydrogen-bond donors (Lipinski definition) is 0. The summed E-state index contributed by atoms with van der Waals surface area (Å²) in [6.07, 6.45) is 0.438. The van der Waals surface area contributed by atoms with Crippen molar-refractivity contribution in [2.24, 2.45) is 0 Å². The van der Waals surface area contributed by atoms with Crippen LogP contribution in [0, 0.1) is 0 Å². The molecule has 1 unspecified atom stereocenters. The predicted molar refractivity (Wildman–Crippen MR) is 128 cm³/mol. The minimum Gasteiger partial charge on any atom is -0.491 e. The van der Waals surface area contributed by atoms with Crippen LogP contribution in [0.5, 0.6) is 5.75 Å². The van der Waals surface area contributed by atoms with Crippen LogP contribution in [0.2, 0.25) is 5.02 Å². The van der Waals surface area contributed by atoms with Gasteiger partial charge < -0.3 is 14.1 Å². The number of furan rings is 1. The van der Waals surface area contributed by atoms with Crippen LogP contribution in [-0.4, -0.2) is 42.9 Å². The molecule has 2 aromatic carbocycles. The molecule has 6 nitrogen and oxygen atoms in total. The van der Waals surface area contributed by atoms with Crippen LogP contribution in [0.4, 0.5) is 0 Å². The van der Waals surface area contributed by atoms with E-state index in [0.29, 0.717) is 34.3 Å². The summed E-state index contributed by atoms with van der Waals surface area (Å²) >= 11 is 5.96. The molecule has 1 atom stereocenters. The molecule has 4 rings (SSSR count). The summed E-state index contributed by atoms with van der Waals surface area (Å²) in [6.45, 7) is 4.04. The number of nitrogens with zero attached hydrogens (tertiary/aromatic N) is 1. The molecule has 0 bridgehead atoms. The van der Waals surface area contributed by atoms with Gasteiger partial charge in [-0.05, 0) is 80.9 Å². The Balaban J connectivity index is 1.58. The van der Waals surface area contributed by atoms with E-state index in [1.54, 1.807) is 41.3 Å². The molecule has 0 N–H and O–H groups in total. The zero-order valence-electron chi connectivity index (χ0n) is 18.5. The Kier molecular flexibility index (Phi) is 6.81. The first-order valence-corrected chi connectivity index (χ1v) is 13.0. The molecule has 2 heterocycles. The van der Waals surface area contributed by atoms with Crippen molar-refractivity contribution in [3.63, 3.8) is 0 Å². The molecule has 0 saturated carbocycles. The molecule has 33 heavy (non-hydrogen) atoms. The van der Waals surface area contributed by atoms with Crippen molar-refractivity contribution in [3.05, 3.63) is 77.0 Å². The van der Waals surface area contributed by atoms with Gasteiger partial charge in [-0.25, -0.2) is 8.42 Å². The first-order chi connectivity index (χ1) is 15.7. The number of halogens is 1. The third kappa shape index (κ3) is 5.78. The van der Waals surface area contributed by atoms with E-state index in [9.17, 15) is 13.2 Å². The summed E-state index contributed by atoms with van der Waals surface area (Å²) in [4.78, 5) is 15.0. The molecule has 1 fully saturated rings. The Bertz CT molecular complexity index is 1220. The van der Waals surface area contributed by atoms with Crippen molar-refractivity contribution in [1.29, 1.82) is 0 Å². The highest BCUT2D eigenvalue weighted by molar-refractivity contribution is 7.91. The summed E-state index contributed by atoms with van der Waals surface area (Å²) in [5.41, 5.74) is 1.34. The van der Waals surface area contributed by atoms with E-state index < -0.39 is 15.9 Å². The zero-order chi connectivity index (χ0) is 23.6.